The monoisotopic (exact) mass is 296 g/mol. The van der Waals surface area contributed by atoms with Crippen LogP contribution in [0.2, 0.25) is 0 Å². The Bertz CT molecular complexity index is 442. The molecule has 2 rings (SSSR count). The lowest BCUT2D eigenvalue weighted by Gasteiger charge is -2.28. The smallest absolute Gasteiger partial charge is 0.139 e. The highest BCUT2D eigenvalue weighted by atomic mass is 79.9. The van der Waals surface area contributed by atoms with E-state index in [1.54, 1.807) is 6.07 Å². The van der Waals surface area contributed by atoms with Crippen LogP contribution in [0.25, 0.3) is 0 Å². The Labute approximate surface area is 109 Å². The topological polar surface area (TPSA) is 35.8 Å². The molecule has 0 aliphatic heterocycles. The highest BCUT2D eigenvalue weighted by Crippen LogP contribution is 2.28. The van der Waals surface area contributed by atoms with Crippen molar-refractivity contribution in [3.63, 3.8) is 0 Å². The van der Waals surface area contributed by atoms with Crippen molar-refractivity contribution < 1.29 is 4.39 Å². The number of anilines is 1. The summed E-state index contributed by atoms with van der Waals surface area (Å²) in [4.78, 5) is 0. The van der Waals surface area contributed by atoms with Crippen molar-refractivity contribution >= 4 is 21.6 Å². The lowest BCUT2D eigenvalue weighted by molar-refractivity contribution is 0.388. The van der Waals surface area contributed by atoms with Crippen molar-refractivity contribution in [3.05, 3.63) is 28.5 Å². The van der Waals surface area contributed by atoms with Gasteiger partial charge in [0.1, 0.15) is 5.82 Å². The molecule has 2 atom stereocenters. The number of halogens is 2. The third kappa shape index (κ3) is 2.98. The van der Waals surface area contributed by atoms with E-state index >= 15 is 0 Å². The Balaban J connectivity index is 2.09. The van der Waals surface area contributed by atoms with Crippen LogP contribution in [0.1, 0.15) is 25.7 Å². The van der Waals surface area contributed by atoms with E-state index in [9.17, 15) is 4.39 Å². The molecule has 1 aromatic carbocycles. The number of nitrogens with zero attached hydrogens (tertiary/aromatic N) is 1. The van der Waals surface area contributed by atoms with Crippen LogP contribution in [0.5, 0.6) is 0 Å². The van der Waals surface area contributed by atoms with E-state index < -0.39 is 0 Å². The van der Waals surface area contributed by atoms with Crippen LogP contribution in [-0.2, 0) is 0 Å². The summed E-state index contributed by atoms with van der Waals surface area (Å²) in [6.45, 7) is 0. The maximum absolute atomic E-state index is 13.4. The molecule has 1 N–H and O–H groups in total. The van der Waals surface area contributed by atoms with E-state index in [2.05, 4.69) is 27.3 Å². The minimum absolute atomic E-state index is 0.0375. The van der Waals surface area contributed by atoms with E-state index in [1.807, 2.05) is 6.07 Å². The largest absolute Gasteiger partial charge is 0.381 e. The number of benzene rings is 1. The van der Waals surface area contributed by atoms with Gasteiger partial charge in [-0.3, -0.25) is 0 Å². The van der Waals surface area contributed by atoms with Crippen LogP contribution < -0.4 is 5.32 Å². The molecule has 2 nitrogen and oxygen atoms in total. The quantitative estimate of drug-likeness (QED) is 0.892. The number of rotatable bonds is 2. The van der Waals surface area contributed by atoms with Crippen molar-refractivity contribution in [2.24, 2.45) is 5.92 Å². The average Bonchev–Trinajstić information content (AvgIpc) is 2.34. The molecule has 1 aliphatic carbocycles. The molecule has 0 radical (unpaired) electrons. The molecule has 0 spiro atoms. The van der Waals surface area contributed by atoms with Gasteiger partial charge in [-0.05, 0) is 47.0 Å². The third-order valence-electron chi connectivity index (χ3n) is 3.20. The summed E-state index contributed by atoms with van der Waals surface area (Å²) in [7, 11) is 0. The predicted octanol–water partition coefficient (Wildman–Crippen LogP) is 4.08. The fraction of sp³-hybridized carbons (Fsp3) is 0.462. The van der Waals surface area contributed by atoms with Crippen LogP contribution in [0.4, 0.5) is 10.1 Å². The highest BCUT2D eigenvalue weighted by Gasteiger charge is 2.24. The standard InChI is InChI=1S/C13H14BrFN2/c14-11-6-5-10(7-12(11)15)17-13-4-2-1-3-9(13)8-16/h5-7,9,13,17H,1-4H2. The van der Waals surface area contributed by atoms with E-state index in [1.165, 1.54) is 6.07 Å². The van der Waals surface area contributed by atoms with Crippen molar-refractivity contribution in [3.8, 4) is 6.07 Å². The zero-order valence-corrected chi connectivity index (χ0v) is 11.0. The fourth-order valence-electron chi connectivity index (χ4n) is 2.26. The van der Waals surface area contributed by atoms with Gasteiger partial charge in [0.05, 0.1) is 16.5 Å². The first-order valence-corrected chi connectivity index (χ1v) is 6.61. The van der Waals surface area contributed by atoms with Crippen LogP contribution in [-0.4, -0.2) is 6.04 Å². The third-order valence-corrected chi connectivity index (χ3v) is 3.85. The molecule has 4 heteroatoms. The van der Waals surface area contributed by atoms with Crippen molar-refractivity contribution in [2.75, 3.05) is 5.32 Å². The van der Waals surface area contributed by atoms with Crippen molar-refractivity contribution in [1.29, 1.82) is 5.26 Å². The van der Waals surface area contributed by atoms with Crippen LogP contribution in [0, 0.1) is 23.1 Å². The summed E-state index contributed by atoms with van der Waals surface area (Å²) >= 11 is 3.12. The summed E-state index contributed by atoms with van der Waals surface area (Å²) in [5.41, 5.74) is 0.748. The molecule has 90 valence electrons. The Morgan fingerprint density at radius 1 is 1.35 bits per heavy atom. The van der Waals surface area contributed by atoms with Gasteiger partial charge in [-0.15, -0.1) is 0 Å². The molecule has 1 aliphatic rings. The summed E-state index contributed by atoms with van der Waals surface area (Å²) < 4.78 is 13.8. The van der Waals surface area contributed by atoms with Gasteiger partial charge in [-0.1, -0.05) is 12.8 Å². The normalized spacial score (nSPS) is 24.1. The summed E-state index contributed by atoms with van der Waals surface area (Å²) in [6, 6.07) is 7.46. The van der Waals surface area contributed by atoms with Crippen LogP contribution in [0.15, 0.2) is 22.7 Å². The maximum Gasteiger partial charge on any atom is 0.139 e. The second-order valence-electron chi connectivity index (χ2n) is 4.40. The first kappa shape index (κ1) is 12.4. The summed E-state index contributed by atoms with van der Waals surface area (Å²) in [6.07, 6.45) is 4.17. The number of nitrogens with one attached hydrogen (secondary N) is 1. The Kier molecular flexibility index (Phi) is 4.01. The minimum Gasteiger partial charge on any atom is -0.381 e. The van der Waals surface area contributed by atoms with E-state index in [-0.39, 0.29) is 17.8 Å². The van der Waals surface area contributed by atoms with Gasteiger partial charge in [-0.25, -0.2) is 4.39 Å². The molecule has 0 bridgehead atoms. The summed E-state index contributed by atoms with van der Waals surface area (Å²) in [5.74, 6) is -0.241. The molecule has 0 heterocycles. The Morgan fingerprint density at radius 3 is 2.82 bits per heavy atom. The zero-order chi connectivity index (χ0) is 12.3. The van der Waals surface area contributed by atoms with Gasteiger partial charge >= 0.3 is 0 Å². The molecule has 2 unspecified atom stereocenters. The van der Waals surface area contributed by atoms with Crippen molar-refractivity contribution in [1.82, 2.24) is 0 Å². The maximum atomic E-state index is 13.4. The second kappa shape index (κ2) is 5.50. The molecule has 1 aromatic rings. The lowest BCUT2D eigenvalue weighted by atomic mass is 9.85. The molecule has 1 fully saturated rings. The zero-order valence-electron chi connectivity index (χ0n) is 9.42. The van der Waals surface area contributed by atoms with Crippen LogP contribution >= 0.6 is 15.9 Å². The minimum atomic E-state index is -0.278. The van der Waals surface area contributed by atoms with Gasteiger partial charge in [0.15, 0.2) is 0 Å². The molecule has 0 saturated heterocycles. The van der Waals surface area contributed by atoms with Gasteiger partial charge in [0, 0.05) is 11.7 Å². The first-order valence-electron chi connectivity index (χ1n) is 5.82. The van der Waals surface area contributed by atoms with Gasteiger partial charge < -0.3 is 5.32 Å². The fourth-order valence-corrected chi connectivity index (χ4v) is 2.50. The molecule has 0 aromatic heterocycles. The molecular weight excluding hydrogens is 283 g/mol. The van der Waals surface area contributed by atoms with E-state index in [0.717, 1.165) is 31.4 Å². The van der Waals surface area contributed by atoms with Gasteiger partial charge in [-0.2, -0.15) is 5.26 Å². The average molecular weight is 297 g/mol. The second-order valence-corrected chi connectivity index (χ2v) is 5.25. The van der Waals surface area contributed by atoms with Crippen LogP contribution in [0.3, 0.4) is 0 Å². The lowest BCUT2D eigenvalue weighted by Crippen LogP contribution is -2.31. The SMILES string of the molecule is N#CC1CCCCC1Nc1ccc(Br)c(F)c1. The molecular formula is C13H14BrFN2. The summed E-state index contributed by atoms with van der Waals surface area (Å²) in [5, 5.41) is 12.3. The van der Waals surface area contributed by atoms with E-state index in [4.69, 9.17) is 5.26 Å². The van der Waals surface area contributed by atoms with Gasteiger partial charge in [0.2, 0.25) is 0 Å². The number of hydrogen-bond donors (Lipinski definition) is 1. The Morgan fingerprint density at radius 2 is 2.12 bits per heavy atom. The van der Waals surface area contributed by atoms with E-state index in [0.29, 0.717) is 4.47 Å². The first-order chi connectivity index (χ1) is 8.20. The van der Waals surface area contributed by atoms with Crippen molar-refractivity contribution in [2.45, 2.75) is 31.7 Å². The van der Waals surface area contributed by atoms with Gasteiger partial charge in [0.25, 0.3) is 0 Å². The molecule has 1 saturated carbocycles. The highest BCUT2D eigenvalue weighted by molar-refractivity contribution is 9.10. The number of nitriles is 1. The predicted molar refractivity (Wildman–Crippen MR) is 69.1 cm³/mol. The molecule has 0 amide bonds. The number of hydrogen-bond acceptors (Lipinski definition) is 2. The molecule has 17 heavy (non-hydrogen) atoms. The Hall–Kier alpha value is -1.08.